The molecule has 1 saturated carbocycles. The molecule has 0 atom stereocenters. The van der Waals surface area contributed by atoms with Crippen molar-refractivity contribution in [3.8, 4) is 0 Å². The highest BCUT2D eigenvalue weighted by Gasteiger charge is 2.52. The van der Waals surface area contributed by atoms with E-state index in [2.05, 4.69) is 21.9 Å². The van der Waals surface area contributed by atoms with Crippen LogP contribution in [0.15, 0.2) is 30.3 Å². The Kier molecular flexibility index (Phi) is 4.62. The average Bonchev–Trinajstić information content (AvgIpc) is 2.56. The Morgan fingerprint density at radius 3 is 2.12 bits per heavy atom. The Hall–Kier alpha value is -1.35. The zero-order chi connectivity index (χ0) is 16.4. The highest BCUT2D eigenvalue weighted by atomic mass is 16.2. The minimum Gasteiger partial charge on any atom is -0.306 e. The number of β-lactam (4-membered cyclic amide) rings is 1. The summed E-state index contributed by atoms with van der Waals surface area (Å²) < 4.78 is 0. The van der Waals surface area contributed by atoms with Crippen LogP contribution in [0, 0.1) is 0 Å². The van der Waals surface area contributed by atoms with Gasteiger partial charge in [0.05, 0.1) is 12.0 Å². The van der Waals surface area contributed by atoms with Gasteiger partial charge in [-0.3, -0.25) is 4.79 Å². The lowest BCUT2D eigenvalue weighted by atomic mass is 9.74. The fourth-order valence-corrected chi connectivity index (χ4v) is 5.11. The molecule has 1 amide bonds. The van der Waals surface area contributed by atoms with Crippen LogP contribution in [0.4, 0.5) is 5.69 Å². The molecule has 1 aliphatic carbocycles. The van der Waals surface area contributed by atoms with Gasteiger partial charge in [-0.05, 0) is 37.8 Å². The van der Waals surface area contributed by atoms with Crippen LogP contribution in [-0.2, 0) is 4.79 Å². The van der Waals surface area contributed by atoms with E-state index in [0.29, 0.717) is 5.91 Å². The van der Waals surface area contributed by atoms with Crippen molar-refractivity contribution in [1.29, 1.82) is 0 Å². The molecule has 1 spiro atoms. The molecule has 0 radical (unpaired) electrons. The summed E-state index contributed by atoms with van der Waals surface area (Å²) in [5.41, 5.74) is 1.20. The number of carbonyl (C=O) groups is 1. The number of anilines is 1. The van der Waals surface area contributed by atoms with E-state index in [0.717, 1.165) is 31.0 Å². The standard InChI is InChI=1S/C21H30N2O/c24-20-17-21(23(20)19-11-7-4-8-12-19)13-15-22(16-14-21)18-9-5-2-1-3-6-10-18/h4,7-8,11-12,18H,1-3,5-6,9-10,13-17H2. The number of rotatable bonds is 2. The third-order valence-electron chi connectivity index (χ3n) is 6.54. The van der Waals surface area contributed by atoms with Crippen molar-refractivity contribution < 1.29 is 4.79 Å². The van der Waals surface area contributed by atoms with E-state index >= 15 is 0 Å². The Balaban J connectivity index is 1.41. The van der Waals surface area contributed by atoms with Gasteiger partial charge in [0.25, 0.3) is 0 Å². The number of amides is 1. The molecule has 0 unspecified atom stereocenters. The number of benzene rings is 1. The van der Waals surface area contributed by atoms with Gasteiger partial charge >= 0.3 is 0 Å². The molecule has 3 heteroatoms. The van der Waals surface area contributed by atoms with Crippen molar-refractivity contribution in [2.24, 2.45) is 0 Å². The van der Waals surface area contributed by atoms with E-state index in [1.165, 1.54) is 58.0 Å². The van der Waals surface area contributed by atoms with Crippen molar-refractivity contribution in [3.05, 3.63) is 30.3 Å². The Morgan fingerprint density at radius 1 is 0.875 bits per heavy atom. The first-order valence-electron chi connectivity index (χ1n) is 9.91. The largest absolute Gasteiger partial charge is 0.306 e. The van der Waals surface area contributed by atoms with Crippen LogP contribution in [0.2, 0.25) is 0 Å². The Labute approximate surface area is 146 Å². The van der Waals surface area contributed by atoms with Crippen LogP contribution < -0.4 is 4.90 Å². The van der Waals surface area contributed by atoms with E-state index in [1.807, 2.05) is 18.2 Å². The highest BCUT2D eigenvalue weighted by Crippen LogP contribution is 2.44. The van der Waals surface area contributed by atoms with E-state index in [9.17, 15) is 4.79 Å². The van der Waals surface area contributed by atoms with E-state index in [-0.39, 0.29) is 5.54 Å². The number of carbonyl (C=O) groups excluding carboxylic acids is 1. The van der Waals surface area contributed by atoms with Gasteiger partial charge in [-0.25, -0.2) is 0 Å². The summed E-state index contributed by atoms with van der Waals surface area (Å²) in [6, 6.07) is 11.1. The molecular formula is C21H30N2O. The third-order valence-corrected chi connectivity index (χ3v) is 6.54. The fourth-order valence-electron chi connectivity index (χ4n) is 5.11. The molecule has 3 nitrogen and oxygen atoms in total. The first kappa shape index (κ1) is 16.1. The number of piperidine rings is 1. The van der Waals surface area contributed by atoms with Gasteiger partial charge in [0.1, 0.15) is 0 Å². The molecule has 2 saturated heterocycles. The Morgan fingerprint density at radius 2 is 1.50 bits per heavy atom. The van der Waals surface area contributed by atoms with E-state index < -0.39 is 0 Å². The summed E-state index contributed by atoms with van der Waals surface area (Å²) in [7, 11) is 0. The predicted octanol–water partition coefficient (Wildman–Crippen LogP) is 4.37. The Bertz CT molecular complexity index is 554. The summed E-state index contributed by atoms with van der Waals surface area (Å²) in [5, 5.41) is 0. The highest BCUT2D eigenvalue weighted by molar-refractivity contribution is 6.02. The number of hydrogen-bond acceptors (Lipinski definition) is 2. The van der Waals surface area contributed by atoms with Crippen LogP contribution in [0.3, 0.4) is 0 Å². The summed E-state index contributed by atoms with van der Waals surface area (Å²) in [4.78, 5) is 17.1. The zero-order valence-electron chi connectivity index (χ0n) is 14.8. The quantitative estimate of drug-likeness (QED) is 0.753. The molecule has 0 N–H and O–H groups in total. The van der Waals surface area contributed by atoms with Gasteiger partial charge in [0.15, 0.2) is 0 Å². The van der Waals surface area contributed by atoms with Crippen LogP contribution in [0.1, 0.15) is 64.2 Å². The molecule has 4 rings (SSSR count). The average molecular weight is 326 g/mol. The summed E-state index contributed by atoms with van der Waals surface area (Å²) in [6.45, 7) is 2.34. The maximum atomic E-state index is 12.3. The number of likely N-dealkylation sites (tertiary alicyclic amines) is 1. The maximum absolute atomic E-state index is 12.3. The minimum absolute atomic E-state index is 0.108. The van der Waals surface area contributed by atoms with Crippen LogP contribution in [0.5, 0.6) is 0 Å². The van der Waals surface area contributed by atoms with Crippen LogP contribution in [-0.4, -0.2) is 35.5 Å². The molecule has 130 valence electrons. The van der Waals surface area contributed by atoms with Crippen molar-refractivity contribution in [2.75, 3.05) is 18.0 Å². The second kappa shape index (κ2) is 6.87. The van der Waals surface area contributed by atoms with E-state index in [1.54, 1.807) is 0 Å². The molecule has 1 aromatic carbocycles. The normalized spacial score (nSPS) is 26.0. The van der Waals surface area contributed by atoms with Gasteiger partial charge < -0.3 is 9.80 Å². The van der Waals surface area contributed by atoms with Crippen LogP contribution in [0.25, 0.3) is 0 Å². The molecule has 1 aromatic rings. The lowest BCUT2D eigenvalue weighted by Gasteiger charge is -2.56. The second-order valence-electron chi connectivity index (χ2n) is 8.00. The minimum atomic E-state index is 0.108. The summed E-state index contributed by atoms with van der Waals surface area (Å²) in [5.74, 6) is 0.306. The SMILES string of the molecule is O=C1CC2(CCN(C3CCCCCCC3)CC2)N1c1ccccc1. The molecule has 2 heterocycles. The van der Waals surface area contributed by atoms with Crippen LogP contribution >= 0.6 is 0 Å². The number of para-hydroxylation sites is 1. The fraction of sp³-hybridized carbons (Fsp3) is 0.667. The van der Waals surface area contributed by atoms with Gasteiger partial charge in [-0.1, -0.05) is 50.3 Å². The summed E-state index contributed by atoms with van der Waals surface area (Å²) in [6.07, 6.45) is 12.9. The second-order valence-corrected chi connectivity index (χ2v) is 8.00. The lowest BCUT2D eigenvalue weighted by molar-refractivity contribution is -0.129. The summed E-state index contributed by atoms with van der Waals surface area (Å²) >= 11 is 0. The van der Waals surface area contributed by atoms with Crippen molar-refractivity contribution in [3.63, 3.8) is 0 Å². The monoisotopic (exact) mass is 326 g/mol. The van der Waals surface area contributed by atoms with Gasteiger partial charge in [0.2, 0.25) is 5.91 Å². The van der Waals surface area contributed by atoms with Crippen molar-refractivity contribution in [2.45, 2.75) is 75.8 Å². The smallest absolute Gasteiger partial charge is 0.229 e. The third kappa shape index (κ3) is 2.99. The lowest BCUT2D eigenvalue weighted by Crippen LogP contribution is -2.68. The number of nitrogens with zero attached hydrogens (tertiary/aromatic N) is 2. The predicted molar refractivity (Wildman–Crippen MR) is 98.2 cm³/mol. The zero-order valence-corrected chi connectivity index (χ0v) is 14.8. The van der Waals surface area contributed by atoms with Crippen molar-refractivity contribution in [1.82, 2.24) is 4.90 Å². The molecular weight excluding hydrogens is 296 g/mol. The van der Waals surface area contributed by atoms with Gasteiger partial charge in [-0.2, -0.15) is 0 Å². The molecule has 3 aliphatic rings. The first-order valence-corrected chi connectivity index (χ1v) is 9.91. The molecule has 2 aliphatic heterocycles. The molecule has 0 bridgehead atoms. The molecule has 24 heavy (non-hydrogen) atoms. The topological polar surface area (TPSA) is 23.6 Å². The van der Waals surface area contributed by atoms with Gasteiger partial charge in [0, 0.05) is 24.8 Å². The van der Waals surface area contributed by atoms with Gasteiger partial charge in [-0.15, -0.1) is 0 Å². The van der Waals surface area contributed by atoms with E-state index in [4.69, 9.17) is 0 Å². The maximum Gasteiger partial charge on any atom is 0.229 e. The van der Waals surface area contributed by atoms with Crippen molar-refractivity contribution >= 4 is 11.6 Å². The number of hydrogen-bond donors (Lipinski definition) is 0. The molecule has 0 aromatic heterocycles. The first-order chi connectivity index (χ1) is 11.8. The molecule has 3 fully saturated rings.